The fraction of sp³-hybridized carbons (Fsp3) is 0.444. The highest BCUT2D eigenvalue weighted by atomic mass is 15.0. The van der Waals surface area contributed by atoms with Crippen LogP contribution >= 0.6 is 0 Å². The minimum atomic E-state index is 0.405. The topological polar surface area (TPSA) is 24.1 Å². The van der Waals surface area contributed by atoms with Gasteiger partial charge in [0.05, 0.1) is 0 Å². The predicted molar refractivity (Wildman–Crippen MR) is 86.1 cm³/mol. The zero-order valence-corrected chi connectivity index (χ0v) is 12.7. The summed E-state index contributed by atoms with van der Waals surface area (Å²) in [5.74, 6) is 0. The summed E-state index contributed by atoms with van der Waals surface area (Å²) < 4.78 is 0. The molecular weight excluding hydrogens is 244 g/mol. The monoisotopic (exact) mass is 268 g/mol. The molecule has 1 aliphatic rings. The number of hydrogen-bond donors (Lipinski definition) is 2. The summed E-state index contributed by atoms with van der Waals surface area (Å²) >= 11 is 0. The highest BCUT2D eigenvalue weighted by Crippen LogP contribution is 2.54. The highest BCUT2D eigenvalue weighted by molar-refractivity contribution is 5.84. The molecule has 0 saturated heterocycles. The normalized spacial score (nSPS) is 18.1. The summed E-state index contributed by atoms with van der Waals surface area (Å²) in [4.78, 5) is 0. The first-order chi connectivity index (χ1) is 9.68. The smallest absolute Gasteiger partial charge is 0.0387 e. The van der Waals surface area contributed by atoms with Crippen LogP contribution in [0.15, 0.2) is 36.4 Å². The Morgan fingerprint density at radius 1 is 1.05 bits per heavy atom. The first kappa shape index (κ1) is 13.6. The number of hydrogen-bond acceptors (Lipinski definition) is 2. The van der Waals surface area contributed by atoms with Gasteiger partial charge < -0.3 is 10.6 Å². The Hall–Kier alpha value is -1.38. The fourth-order valence-electron chi connectivity index (χ4n) is 3.47. The first-order valence-corrected chi connectivity index (χ1v) is 7.51. The van der Waals surface area contributed by atoms with E-state index in [9.17, 15) is 0 Å². The van der Waals surface area contributed by atoms with Crippen molar-refractivity contribution in [2.75, 3.05) is 20.6 Å². The molecule has 20 heavy (non-hydrogen) atoms. The number of rotatable bonds is 5. The summed E-state index contributed by atoms with van der Waals surface area (Å²) in [7, 11) is 4.13. The average molecular weight is 268 g/mol. The summed E-state index contributed by atoms with van der Waals surface area (Å²) in [5, 5.41) is 9.58. The quantitative estimate of drug-likeness (QED) is 0.868. The maximum absolute atomic E-state index is 3.54. The minimum absolute atomic E-state index is 0.405. The molecule has 0 aliphatic heterocycles. The fourth-order valence-corrected chi connectivity index (χ4v) is 3.47. The molecule has 2 aromatic carbocycles. The molecule has 3 rings (SSSR count). The van der Waals surface area contributed by atoms with E-state index in [-0.39, 0.29) is 0 Å². The van der Waals surface area contributed by atoms with Gasteiger partial charge in [0.2, 0.25) is 0 Å². The summed E-state index contributed by atoms with van der Waals surface area (Å²) in [6.07, 6.45) is 2.62. The lowest BCUT2D eigenvalue weighted by Crippen LogP contribution is -2.33. The zero-order valence-electron chi connectivity index (χ0n) is 12.7. The van der Waals surface area contributed by atoms with Gasteiger partial charge in [-0.05, 0) is 56.3 Å². The average Bonchev–Trinajstić information content (AvgIpc) is 3.20. The second-order valence-electron chi connectivity index (χ2n) is 6.22. The molecule has 1 unspecified atom stereocenters. The molecule has 0 spiro atoms. The van der Waals surface area contributed by atoms with Crippen LogP contribution in [0.2, 0.25) is 0 Å². The standard InChI is InChI=1S/C18H24N2/c1-13-4-5-15-11-16(7-6-14(15)10-13)17(20-3)18(8-9-18)12-19-2/h4-7,10-11,17,19-20H,8-9,12H2,1-3H3. The Kier molecular flexibility index (Phi) is 3.53. The molecular formula is C18H24N2. The molecule has 1 fully saturated rings. The van der Waals surface area contributed by atoms with Crippen molar-refractivity contribution in [3.8, 4) is 0 Å². The molecule has 2 nitrogen and oxygen atoms in total. The van der Waals surface area contributed by atoms with Crippen molar-refractivity contribution in [3.63, 3.8) is 0 Å². The van der Waals surface area contributed by atoms with E-state index in [0.29, 0.717) is 11.5 Å². The zero-order chi connectivity index (χ0) is 14.2. The van der Waals surface area contributed by atoms with Gasteiger partial charge in [-0.25, -0.2) is 0 Å². The predicted octanol–water partition coefficient (Wildman–Crippen LogP) is 3.41. The van der Waals surface area contributed by atoms with Crippen LogP contribution in [0.3, 0.4) is 0 Å². The van der Waals surface area contributed by atoms with Crippen LogP contribution in [0.5, 0.6) is 0 Å². The van der Waals surface area contributed by atoms with Gasteiger partial charge in [-0.1, -0.05) is 35.9 Å². The molecule has 106 valence electrons. The second-order valence-corrected chi connectivity index (χ2v) is 6.22. The van der Waals surface area contributed by atoms with Crippen LogP contribution in [-0.2, 0) is 0 Å². The highest BCUT2D eigenvalue weighted by Gasteiger charge is 2.48. The molecule has 1 saturated carbocycles. The number of nitrogens with one attached hydrogen (secondary N) is 2. The van der Waals surface area contributed by atoms with Gasteiger partial charge in [-0.15, -0.1) is 0 Å². The maximum Gasteiger partial charge on any atom is 0.0387 e. The van der Waals surface area contributed by atoms with Crippen LogP contribution in [0.25, 0.3) is 10.8 Å². The Bertz CT molecular complexity index is 614. The van der Waals surface area contributed by atoms with Gasteiger partial charge in [-0.3, -0.25) is 0 Å². The number of benzene rings is 2. The van der Waals surface area contributed by atoms with Crippen molar-refractivity contribution in [1.82, 2.24) is 10.6 Å². The molecule has 0 bridgehead atoms. The Labute approximate surface area is 121 Å². The van der Waals surface area contributed by atoms with E-state index in [0.717, 1.165) is 6.54 Å². The van der Waals surface area contributed by atoms with Crippen molar-refractivity contribution in [3.05, 3.63) is 47.5 Å². The second kappa shape index (κ2) is 5.19. The van der Waals surface area contributed by atoms with Crippen molar-refractivity contribution in [2.24, 2.45) is 5.41 Å². The molecule has 0 radical (unpaired) electrons. The number of aryl methyl sites for hydroxylation is 1. The van der Waals surface area contributed by atoms with Crippen molar-refractivity contribution >= 4 is 10.8 Å². The Morgan fingerprint density at radius 3 is 2.40 bits per heavy atom. The summed E-state index contributed by atoms with van der Waals surface area (Å²) in [6, 6.07) is 14.0. The van der Waals surface area contributed by atoms with E-state index in [1.807, 2.05) is 0 Å². The Balaban J connectivity index is 1.98. The molecule has 2 aromatic rings. The van der Waals surface area contributed by atoms with E-state index in [1.165, 1.54) is 34.7 Å². The van der Waals surface area contributed by atoms with E-state index in [4.69, 9.17) is 0 Å². The molecule has 2 N–H and O–H groups in total. The van der Waals surface area contributed by atoms with Gasteiger partial charge in [0.1, 0.15) is 0 Å². The van der Waals surface area contributed by atoms with Crippen LogP contribution < -0.4 is 10.6 Å². The van der Waals surface area contributed by atoms with Gasteiger partial charge in [0.15, 0.2) is 0 Å². The summed E-state index contributed by atoms with van der Waals surface area (Å²) in [6.45, 7) is 3.24. The van der Waals surface area contributed by atoms with Gasteiger partial charge >= 0.3 is 0 Å². The minimum Gasteiger partial charge on any atom is -0.319 e. The van der Waals surface area contributed by atoms with Crippen LogP contribution in [0.1, 0.15) is 30.0 Å². The molecule has 2 heteroatoms. The number of fused-ring (bicyclic) bond motifs is 1. The molecule has 1 atom stereocenters. The van der Waals surface area contributed by atoms with Gasteiger partial charge in [0, 0.05) is 18.0 Å². The third kappa shape index (κ3) is 2.34. The van der Waals surface area contributed by atoms with Crippen molar-refractivity contribution in [2.45, 2.75) is 25.8 Å². The lowest BCUT2D eigenvalue weighted by atomic mass is 9.88. The Morgan fingerprint density at radius 2 is 1.75 bits per heavy atom. The SMILES string of the molecule is CNCC1(C(NC)c2ccc3cc(C)ccc3c2)CC1. The van der Waals surface area contributed by atoms with E-state index in [2.05, 4.69) is 68.1 Å². The lowest BCUT2D eigenvalue weighted by Gasteiger charge is -2.27. The third-order valence-corrected chi connectivity index (χ3v) is 4.68. The first-order valence-electron chi connectivity index (χ1n) is 7.51. The van der Waals surface area contributed by atoms with Crippen LogP contribution in [0.4, 0.5) is 0 Å². The molecule has 0 heterocycles. The van der Waals surface area contributed by atoms with Gasteiger partial charge in [-0.2, -0.15) is 0 Å². The van der Waals surface area contributed by atoms with Crippen molar-refractivity contribution < 1.29 is 0 Å². The third-order valence-electron chi connectivity index (χ3n) is 4.68. The molecule has 0 amide bonds. The van der Waals surface area contributed by atoms with Crippen LogP contribution in [-0.4, -0.2) is 20.6 Å². The largest absolute Gasteiger partial charge is 0.319 e. The maximum atomic E-state index is 3.54. The van der Waals surface area contributed by atoms with Crippen LogP contribution in [0, 0.1) is 12.3 Å². The van der Waals surface area contributed by atoms with E-state index < -0.39 is 0 Å². The molecule has 0 aromatic heterocycles. The molecule has 1 aliphatic carbocycles. The van der Waals surface area contributed by atoms with Gasteiger partial charge in [0.25, 0.3) is 0 Å². The summed E-state index contributed by atoms with van der Waals surface area (Å²) in [5.41, 5.74) is 3.14. The van der Waals surface area contributed by atoms with E-state index >= 15 is 0 Å². The van der Waals surface area contributed by atoms with E-state index in [1.54, 1.807) is 0 Å². The lowest BCUT2D eigenvalue weighted by molar-refractivity contribution is 0.347. The van der Waals surface area contributed by atoms with Crippen molar-refractivity contribution in [1.29, 1.82) is 0 Å².